The van der Waals surface area contributed by atoms with Gasteiger partial charge in [-0.3, -0.25) is 14.7 Å². The van der Waals surface area contributed by atoms with Gasteiger partial charge in [-0.05, 0) is 37.8 Å². The molecule has 27 heavy (non-hydrogen) atoms. The Bertz CT molecular complexity index is 954. The zero-order chi connectivity index (χ0) is 19.4. The molecule has 5 nitrogen and oxygen atoms in total. The highest BCUT2D eigenvalue weighted by Crippen LogP contribution is 2.18. The lowest BCUT2D eigenvalue weighted by Crippen LogP contribution is -2.15. The number of nitrogens with two attached hydrogens (primary N) is 1. The minimum Gasteiger partial charge on any atom is -0.365 e. The highest BCUT2D eigenvalue weighted by atomic mass is 16.1. The fourth-order valence-electron chi connectivity index (χ4n) is 3.10. The van der Waals surface area contributed by atoms with E-state index in [1.165, 1.54) is 18.1 Å². The van der Waals surface area contributed by atoms with E-state index >= 15 is 0 Å². The van der Waals surface area contributed by atoms with Crippen molar-refractivity contribution >= 4 is 11.7 Å². The van der Waals surface area contributed by atoms with Gasteiger partial charge in [-0.25, -0.2) is 0 Å². The van der Waals surface area contributed by atoms with Crippen LogP contribution < -0.4 is 5.73 Å². The quantitative estimate of drug-likeness (QED) is 0.632. The first-order valence-electron chi connectivity index (χ1n) is 8.95. The van der Waals surface area contributed by atoms with Crippen LogP contribution in [0.25, 0.3) is 0 Å². The molecule has 0 aliphatic carbocycles. The fraction of sp³-hybridized carbons (Fsp3) is 0.227. The molecule has 0 spiro atoms. The Morgan fingerprint density at radius 1 is 0.963 bits per heavy atom. The van der Waals surface area contributed by atoms with Crippen LogP contribution in [0.5, 0.6) is 0 Å². The molecule has 3 rings (SSSR count). The van der Waals surface area contributed by atoms with Gasteiger partial charge in [0, 0.05) is 12.0 Å². The molecule has 0 bridgehead atoms. The molecule has 5 heteroatoms. The van der Waals surface area contributed by atoms with Crippen molar-refractivity contribution in [3.8, 4) is 0 Å². The van der Waals surface area contributed by atoms with Gasteiger partial charge >= 0.3 is 0 Å². The van der Waals surface area contributed by atoms with Crippen molar-refractivity contribution in [3.63, 3.8) is 0 Å². The number of H-pyrrole nitrogens is 1. The van der Waals surface area contributed by atoms with Gasteiger partial charge in [-0.15, -0.1) is 0 Å². The molecule has 1 aromatic heterocycles. The summed E-state index contributed by atoms with van der Waals surface area (Å²) in [4.78, 5) is 23.4. The van der Waals surface area contributed by atoms with Gasteiger partial charge in [0.25, 0.3) is 5.91 Å². The molecule has 3 aromatic rings. The maximum Gasteiger partial charge on any atom is 0.252 e. The lowest BCUT2D eigenvalue weighted by atomic mass is 10.00. The summed E-state index contributed by atoms with van der Waals surface area (Å²) in [7, 11) is 0. The molecule has 2 aromatic carbocycles. The van der Waals surface area contributed by atoms with E-state index in [1.807, 2.05) is 12.1 Å². The number of primary amides is 1. The number of aryl methyl sites for hydroxylation is 3. The van der Waals surface area contributed by atoms with E-state index in [2.05, 4.69) is 41.4 Å². The highest BCUT2D eigenvalue weighted by molar-refractivity contribution is 5.95. The van der Waals surface area contributed by atoms with E-state index in [1.54, 1.807) is 12.1 Å². The molecule has 0 saturated carbocycles. The average Bonchev–Trinajstić information content (AvgIpc) is 3.04. The van der Waals surface area contributed by atoms with Crippen LogP contribution in [-0.4, -0.2) is 21.9 Å². The molecular formula is C22H23N3O2. The number of ketones is 1. The first-order valence-corrected chi connectivity index (χ1v) is 8.95. The summed E-state index contributed by atoms with van der Waals surface area (Å²) < 4.78 is 0. The number of hydrogen-bond donors (Lipinski definition) is 2. The summed E-state index contributed by atoms with van der Waals surface area (Å²) >= 11 is 0. The van der Waals surface area contributed by atoms with Crippen LogP contribution in [-0.2, 0) is 19.3 Å². The third-order valence-corrected chi connectivity index (χ3v) is 4.68. The molecule has 0 aliphatic heterocycles. The predicted molar refractivity (Wildman–Crippen MR) is 105 cm³/mol. The zero-order valence-corrected chi connectivity index (χ0v) is 15.6. The lowest BCUT2D eigenvalue weighted by Gasteiger charge is -2.05. The largest absolute Gasteiger partial charge is 0.365 e. The second-order valence-electron chi connectivity index (χ2n) is 6.80. The number of nitrogens with zero attached hydrogens (tertiary/aromatic N) is 1. The first kappa shape index (κ1) is 18.6. The number of Topliss-reactive ketones (excluding diaryl/α,β-unsaturated/α-hetero) is 1. The Morgan fingerprint density at radius 2 is 1.59 bits per heavy atom. The molecule has 0 saturated heterocycles. The number of carbonyl (C=O) groups excluding carboxylic acids is 2. The number of carbonyl (C=O) groups is 2. The molecular weight excluding hydrogens is 338 g/mol. The molecule has 0 atom stereocenters. The van der Waals surface area contributed by atoms with Crippen molar-refractivity contribution in [2.45, 2.75) is 33.1 Å². The maximum absolute atomic E-state index is 12.0. The molecule has 138 valence electrons. The summed E-state index contributed by atoms with van der Waals surface area (Å²) in [5, 5.41) is 7.30. The van der Waals surface area contributed by atoms with Crippen LogP contribution in [0.1, 0.15) is 55.7 Å². The summed E-state index contributed by atoms with van der Waals surface area (Å²) in [5.74, 6) is -0.447. The number of amides is 1. The van der Waals surface area contributed by atoms with E-state index in [-0.39, 0.29) is 5.78 Å². The molecule has 0 aliphatic rings. The molecule has 0 unspecified atom stereocenters. The first-order chi connectivity index (χ1) is 12.9. The van der Waals surface area contributed by atoms with Gasteiger partial charge in [0.05, 0.1) is 17.0 Å². The lowest BCUT2D eigenvalue weighted by molar-refractivity contribution is 0.0995. The van der Waals surface area contributed by atoms with E-state index in [0.29, 0.717) is 35.4 Å². The van der Waals surface area contributed by atoms with E-state index in [0.717, 1.165) is 12.0 Å². The summed E-state index contributed by atoms with van der Waals surface area (Å²) in [6.07, 6.45) is 1.94. The number of nitrogens with one attached hydrogen (secondary N) is 1. The molecule has 1 amide bonds. The second kappa shape index (κ2) is 7.99. The summed E-state index contributed by atoms with van der Waals surface area (Å²) in [5.41, 5.74) is 11.5. The van der Waals surface area contributed by atoms with Crippen molar-refractivity contribution in [2.75, 3.05) is 0 Å². The highest BCUT2D eigenvalue weighted by Gasteiger charge is 2.18. The predicted octanol–water partition coefficient (Wildman–Crippen LogP) is 3.40. The van der Waals surface area contributed by atoms with Crippen molar-refractivity contribution in [3.05, 3.63) is 87.7 Å². The number of benzene rings is 2. The van der Waals surface area contributed by atoms with Gasteiger partial charge in [-0.2, -0.15) is 5.10 Å². The minimum atomic E-state index is -0.474. The SMILES string of the molecule is CC(=O)c1ccc(Cc2[nH]nc(CCc3ccc(C)cc3)c2C(N)=O)cc1. The number of rotatable bonds is 7. The van der Waals surface area contributed by atoms with Gasteiger partial charge in [0.15, 0.2) is 5.78 Å². The smallest absolute Gasteiger partial charge is 0.252 e. The third-order valence-electron chi connectivity index (χ3n) is 4.68. The number of hydrogen-bond acceptors (Lipinski definition) is 3. The maximum atomic E-state index is 12.0. The molecule has 0 radical (unpaired) electrons. The topological polar surface area (TPSA) is 88.8 Å². The van der Waals surface area contributed by atoms with Crippen molar-refractivity contribution in [1.82, 2.24) is 10.2 Å². The van der Waals surface area contributed by atoms with E-state index < -0.39 is 5.91 Å². The van der Waals surface area contributed by atoms with Gasteiger partial charge in [0.1, 0.15) is 0 Å². The molecule has 0 fully saturated rings. The Morgan fingerprint density at radius 3 is 2.19 bits per heavy atom. The Kier molecular flexibility index (Phi) is 5.50. The van der Waals surface area contributed by atoms with Gasteiger partial charge in [0.2, 0.25) is 0 Å². The number of aromatic amines is 1. The van der Waals surface area contributed by atoms with Crippen LogP contribution in [0, 0.1) is 6.92 Å². The van der Waals surface area contributed by atoms with Crippen molar-refractivity contribution in [1.29, 1.82) is 0 Å². The van der Waals surface area contributed by atoms with Crippen molar-refractivity contribution < 1.29 is 9.59 Å². The Balaban J connectivity index is 1.77. The van der Waals surface area contributed by atoms with Crippen molar-refractivity contribution in [2.24, 2.45) is 5.73 Å². The van der Waals surface area contributed by atoms with E-state index in [9.17, 15) is 9.59 Å². The molecule has 3 N–H and O–H groups in total. The van der Waals surface area contributed by atoms with Crippen LogP contribution in [0.15, 0.2) is 48.5 Å². The van der Waals surface area contributed by atoms with Gasteiger partial charge < -0.3 is 5.73 Å². The normalized spacial score (nSPS) is 10.7. The van der Waals surface area contributed by atoms with Crippen LogP contribution >= 0.6 is 0 Å². The monoisotopic (exact) mass is 361 g/mol. The zero-order valence-electron chi connectivity index (χ0n) is 15.6. The Hall–Kier alpha value is -3.21. The second-order valence-corrected chi connectivity index (χ2v) is 6.80. The van der Waals surface area contributed by atoms with Gasteiger partial charge in [-0.1, -0.05) is 54.1 Å². The fourth-order valence-corrected chi connectivity index (χ4v) is 3.10. The van der Waals surface area contributed by atoms with E-state index in [4.69, 9.17) is 5.73 Å². The minimum absolute atomic E-state index is 0.0271. The third kappa shape index (κ3) is 4.50. The number of aromatic nitrogens is 2. The Labute approximate surface area is 158 Å². The van der Waals surface area contributed by atoms with Crippen LogP contribution in [0.4, 0.5) is 0 Å². The van der Waals surface area contributed by atoms with Crippen LogP contribution in [0.3, 0.4) is 0 Å². The molecule has 1 heterocycles. The summed E-state index contributed by atoms with van der Waals surface area (Å²) in [6, 6.07) is 15.7. The summed E-state index contributed by atoms with van der Waals surface area (Å²) in [6.45, 7) is 3.59. The average molecular weight is 361 g/mol. The standard InChI is InChI=1S/C22H23N3O2/c1-14-3-5-16(6-4-14)9-12-19-21(22(23)27)20(25-24-19)13-17-7-10-18(11-8-17)15(2)26/h3-8,10-11H,9,12-13H2,1-2H3,(H2,23,27)(H,24,25). The van der Waals surface area contributed by atoms with Crippen LogP contribution in [0.2, 0.25) is 0 Å².